The first-order valence-corrected chi connectivity index (χ1v) is 7.95. The molecule has 2 N–H and O–H groups in total. The summed E-state index contributed by atoms with van der Waals surface area (Å²) >= 11 is 0. The van der Waals surface area contributed by atoms with Crippen LogP contribution in [0.1, 0.15) is 18.4 Å². The molecular formula is C17H24N4O. The molecule has 2 aromatic rings. The molecule has 2 heterocycles. The van der Waals surface area contributed by atoms with Crippen LogP contribution in [0, 0.1) is 0 Å². The van der Waals surface area contributed by atoms with E-state index < -0.39 is 0 Å². The average molecular weight is 300 g/mol. The predicted molar refractivity (Wildman–Crippen MR) is 86.7 cm³/mol. The third-order valence-electron chi connectivity index (χ3n) is 4.03. The molecular weight excluding hydrogens is 276 g/mol. The number of aromatic nitrogens is 2. The number of ether oxygens (including phenoxy) is 1. The van der Waals surface area contributed by atoms with Gasteiger partial charge in [0.2, 0.25) is 0 Å². The van der Waals surface area contributed by atoms with Crippen LogP contribution < -0.4 is 10.5 Å². The van der Waals surface area contributed by atoms with Crippen LogP contribution >= 0.6 is 0 Å². The maximum atomic E-state index is 5.94. The van der Waals surface area contributed by atoms with Gasteiger partial charge in [-0.25, -0.2) is 4.98 Å². The fourth-order valence-electron chi connectivity index (χ4n) is 2.81. The molecule has 1 aliphatic rings. The summed E-state index contributed by atoms with van der Waals surface area (Å²) in [7, 11) is 0. The lowest BCUT2D eigenvalue weighted by molar-refractivity contribution is 0.301. The normalized spacial score (nSPS) is 18.7. The largest absolute Gasteiger partial charge is 0.494 e. The van der Waals surface area contributed by atoms with E-state index in [0.29, 0.717) is 6.04 Å². The van der Waals surface area contributed by atoms with E-state index in [9.17, 15) is 0 Å². The molecule has 0 radical (unpaired) electrons. The van der Waals surface area contributed by atoms with Crippen molar-refractivity contribution in [2.24, 2.45) is 5.73 Å². The number of nitrogens with two attached hydrogens (primary N) is 1. The molecule has 22 heavy (non-hydrogen) atoms. The first kappa shape index (κ1) is 15.1. The molecule has 0 aliphatic carbocycles. The van der Waals surface area contributed by atoms with Crippen molar-refractivity contribution in [2.45, 2.75) is 32.0 Å². The van der Waals surface area contributed by atoms with E-state index >= 15 is 0 Å². The second kappa shape index (κ2) is 7.42. The number of rotatable bonds is 7. The molecule has 1 atom stereocenters. The van der Waals surface area contributed by atoms with Gasteiger partial charge in [0.1, 0.15) is 5.75 Å². The molecule has 1 aromatic carbocycles. The quantitative estimate of drug-likeness (QED) is 0.793. The number of hydrogen-bond donors (Lipinski definition) is 1. The van der Waals surface area contributed by atoms with Crippen molar-refractivity contribution in [2.75, 3.05) is 19.7 Å². The highest BCUT2D eigenvalue weighted by Gasteiger charge is 2.18. The van der Waals surface area contributed by atoms with E-state index in [2.05, 4.69) is 38.7 Å². The van der Waals surface area contributed by atoms with Gasteiger partial charge in [-0.1, -0.05) is 12.1 Å². The van der Waals surface area contributed by atoms with Crippen LogP contribution in [-0.2, 0) is 13.1 Å². The van der Waals surface area contributed by atoms with Gasteiger partial charge in [-0.15, -0.1) is 0 Å². The Bertz CT molecular complexity index is 553. The molecule has 0 saturated carbocycles. The van der Waals surface area contributed by atoms with Crippen molar-refractivity contribution >= 4 is 0 Å². The van der Waals surface area contributed by atoms with E-state index in [1.807, 2.05) is 12.5 Å². The maximum absolute atomic E-state index is 5.94. The number of imidazole rings is 1. The van der Waals surface area contributed by atoms with Gasteiger partial charge in [0.25, 0.3) is 0 Å². The molecule has 118 valence electrons. The van der Waals surface area contributed by atoms with Crippen molar-refractivity contribution in [1.82, 2.24) is 14.5 Å². The van der Waals surface area contributed by atoms with Crippen LogP contribution in [0.25, 0.3) is 0 Å². The van der Waals surface area contributed by atoms with Gasteiger partial charge in [-0.3, -0.25) is 4.90 Å². The molecule has 0 bridgehead atoms. The molecule has 5 heteroatoms. The Morgan fingerprint density at radius 3 is 2.82 bits per heavy atom. The lowest BCUT2D eigenvalue weighted by Crippen LogP contribution is -2.26. The van der Waals surface area contributed by atoms with Crippen LogP contribution in [0.4, 0.5) is 0 Å². The number of hydrogen-bond acceptors (Lipinski definition) is 4. The summed E-state index contributed by atoms with van der Waals surface area (Å²) in [6, 6.07) is 8.76. The number of aryl methyl sites for hydroxylation is 1. The summed E-state index contributed by atoms with van der Waals surface area (Å²) < 4.78 is 7.84. The van der Waals surface area contributed by atoms with E-state index in [1.54, 1.807) is 6.20 Å². The first-order valence-electron chi connectivity index (χ1n) is 7.95. The van der Waals surface area contributed by atoms with Crippen molar-refractivity contribution in [3.8, 4) is 5.75 Å². The summed E-state index contributed by atoms with van der Waals surface area (Å²) in [6.45, 7) is 4.75. The Morgan fingerprint density at radius 1 is 1.27 bits per heavy atom. The minimum Gasteiger partial charge on any atom is -0.494 e. The van der Waals surface area contributed by atoms with E-state index in [1.165, 1.54) is 5.56 Å². The number of nitrogens with zero attached hydrogens (tertiary/aromatic N) is 3. The van der Waals surface area contributed by atoms with Gasteiger partial charge in [-0.2, -0.15) is 0 Å². The van der Waals surface area contributed by atoms with Gasteiger partial charge in [-0.05, 0) is 30.5 Å². The molecule has 1 fully saturated rings. The average Bonchev–Trinajstić information content (AvgIpc) is 3.17. The fourth-order valence-corrected chi connectivity index (χ4v) is 2.81. The summed E-state index contributed by atoms with van der Waals surface area (Å²) in [5.41, 5.74) is 7.26. The van der Waals surface area contributed by atoms with Crippen LogP contribution in [0.2, 0.25) is 0 Å². The second-order valence-electron chi connectivity index (χ2n) is 5.93. The van der Waals surface area contributed by atoms with Crippen LogP contribution in [0.15, 0.2) is 43.0 Å². The number of benzene rings is 1. The number of likely N-dealkylation sites (tertiary alicyclic amines) is 1. The topological polar surface area (TPSA) is 56.3 Å². The Morgan fingerprint density at radius 2 is 2.14 bits per heavy atom. The van der Waals surface area contributed by atoms with Gasteiger partial charge in [0.05, 0.1) is 12.9 Å². The zero-order valence-electron chi connectivity index (χ0n) is 12.9. The highest BCUT2D eigenvalue weighted by molar-refractivity contribution is 5.27. The summed E-state index contributed by atoms with van der Waals surface area (Å²) in [5.74, 6) is 0.938. The van der Waals surface area contributed by atoms with Crippen molar-refractivity contribution in [1.29, 1.82) is 0 Å². The minimum atomic E-state index is 0.345. The molecule has 1 aromatic heterocycles. The lowest BCUT2D eigenvalue weighted by Gasteiger charge is -2.15. The van der Waals surface area contributed by atoms with Gasteiger partial charge in [0.15, 0.2) is 0 Å². The third-order valence-corrected chi connectivity index (χ3v) is 4.03. The van der Waals surface area contributed by atoms with Crippen molar-refractivity contribution < 1.29 is 4.74 Å². The highest BCUT2D eigenvalue weighted by atomic mass is 16.5. The summed E-state index contributed by atoms with van der Waals surface area (Å²) in [4.78, 5) is 6.43. The summed E-state index contributed by atoms with van der Waals surface area (Å²) in [6.07, 6.45) is 7.69. The SMILES string of the molecule is N[C@H]1CCN(Cc2ccc(OCCCn3ccnc3)cc2)C1. The van der Waals surface area contributed by atoms with Crippen LogP contribution in [0.5, 0.6) is 5.75 Å². The standard InChI is InChI=1S/C17H24N4O/c18-16-6-9-21(13-16)12-15-2-4-17(5-3-15)22-11-1-8-20-10-7-19-14-20/h2-5,7,10,14,16H,1,6,8-9,11-13,18H2/t16-/m0/s1. The molecule has 0 spiro atoms. The Labute approximate surface area is 131 Å². The summed E-state index contributed by atoms with van der Waals surface area (Å²) in [5, 5.41) is 0. The van der Waals surface area contributed by atoms with Gasteiger partial charge < -0.3 is 15.0 Å². The Kier molecular flexibility index (Phi) is 5.08. The smallest absolute Gasteiger partial charge is 0.119 e. The molecule has 1 saturated heterocycles. The zero-order chi connectivity index (χ0) is 15.2. The molecule has 1 aliphatic heterocycles. The molecule has 0 unspecified atom stereocenters. The van der Waals surface area contributed by atoms with E-state index in [-0.39, 0.29) is 0 Å². The van der Waals surface area contributed by atoms with Crippen molar-refractivity contribution in [3.63, 3.8) is 0 Å². The predicted octanol–water partition coefficient (Wildman–Crippen LogP) is 1.89. The Hall–Kier alpha value is -1.85. The maximum Gasteiger partial charge on any atom is 0.119 e. The van der Waals surface area contributed by atoms with Crippen LogP contribution in [-0.4, -0.2) is 40.2 Å². The zero-order valence-corrected chi connectivity index (χ0v) is 12.9. The van der Waals surface area contributed by atoms with E-state index in [0.717, 1.165) is 51.4 Å². The lowest BCUT2D eigenvalue weighted by atomic mass is 10.2. The first-order chi connectivity index (χ1) is 10.8. The Balaban J connectivity index is 1.39. The van der Waals surface area contributed by atoms with Gasteiger partial charge >= 0.3 is 0 Å². The molecule has 3 rings (SSSR count). The highest BCUT2D eigenvalue weighted by Crippen LogP contribution is 2.16. The fraction of sp³-hybridized carbons (Fsp3) is 0.471. The monoisotopic (exact) mass is 300 g/mol. The van der Waals surface area contributed by atoms with Gasteiger partial charge in [0, 0.05) is 44.6 Å². The second-order valence-corrected chi connectivity index (χ2v) is 5.93. The minimum absolute atomic E-state index is 0.345. The molecule has 0 amide bonds. The van der Waals surface area contributed by atoms with E-state index in [4.69, 9.17) is 10.5 Å². The van der Waals surface area contributed by atoms with Crippen molar-refractivity contribution in [3.05, 3.63) is 48.5 Å². The van der Waals surface area contributed by atoms with Crippen LogP contribution in [0.3, 0.4) is 0 Å². The third kappa shape index (κ3) is 4.32. The molecule has 5 nitrogen and oxygen atoms in total.